The van der Waals surface area contributed by atoms with Gasteiger partial charge in [-0.2, -0.15) is 0 Å². The van der Waals surface area contributed by atoms with Crippen LogP contribution in [0.4, 0.5) is 0 Å². The molecule has 1 amide bonds. The zero-order chi connectivity index (χ0) is 17.0. The van der Waals surface area contributed by atoms with Crippen molar-refractivity contribution >= 4 is 11.9 Å². The number of nitrogens with zero attached hydrogens (tertiary/aromatic N) is 2. The van der Waals surface area contributed by atoms with Crippen molar-refractivity contribution in [2.24, 2.45) is 7.05 Å². The molecule has 0 unspecified atom stereocenters. The summed E-state index contributed by atoms with van der Waals surface area (Å²) < 4.78 is 1.73. The Morgan fingerprint density at radius 1 is 1.39 bits per heavy atom. The summed E-state index contributed by atoms with van der Waals surface area (Å²) in [5.74, 6) is -1.11. The lowest BCUT2D eigenvalue weighted by molar-refractivity contribution is -0.120. The van der Waals surface area contributed by atoms with Crippen molar-refractivity contribution < 1.29 is 14.7 Å². The van der Waals surface area contributed by atoms with Crippen LogP contribution in [0, 0.1) is 6.92 Å². The van der Waals surface area contributed by atoms with Crippen LogP contribution in [0.15, 0.2) is 6.20 Å². The van der Waals surface area contributed by atoms with Crippen LogP contribution in [0.3, 0.4) is 0 Å². The number of piperidine rings is 1. The third-order valence-electron chi connectivity index (χ3n) is 4.70. The fourth-order valence-corrected chi connectivity index (χ4v) is 3.39. The molecule has 23 heavy (non-hydrogen) atoms. The first-order chi connectivity index (χ1) is 10.9. The monoisotopic (exact) mass is 321 g/mol. The number of amides is 1. The quantitative estimate of drug-likeness (QED) is 0.834. The third-order valence-corrected chi connectivity index (χ3v) is 4.70. The number of carboxylic acid groups (broad SMARTS) is 1. The standard InChI is InChI=1S/C17H27N3O3/c1-12-11-19(3)14(16(12)17(22)23)10-15(21)18-7-9-20-8-5-4-6-13(20)2/h11,13H,4-10H2,1-3H3,(H,18,21)(H,22,23)/t13-/m0/s1. The number of hydrogen-bond donors (Lipinski definition) is 2. The fourth-order valence-electron chi connectivity index (χ4n) is 3.39. The Balaban J connectivity index is 1.87. The maximum Gasteiger partial charge on any atom is 0.337 e. The van der Waals surface area contributed by atoms with E-state index < -0.39 is 5.97 Å². The molecule has 128 valence electrons. The molecule has 2 heterocycles. The minimum Gasteiger partial charge on any atom is -0.478 e. The second kappa shape index (κ2) is 7.64. The number of aromatic carboxylic acids is 1. The molecular formula is C17H27N3O3. The van der Waals surface area contributed by atoms with E-state index in [2.05, 4.69) is 17.1 Å². The zero-order valence-corrected chi connectivity index (χ0v) is 14.3. The van der Waals surface area contributed by atoms with Crippen LogP contribution in [0.25, 0.3) is 0 Å². The van der Waals surface area contributed by atoms with Crippen LogP contribution in [-0.2, 0) is 18.3 Å². The maximum absolute atomic E-state index is 12.1. The third kappa shape index (κ3) is 4.34. The first-order valence-electron chi connectivity index (χ1n) is 8.29. The van der Waals surface area contributed by atoms with Crippen LogP contribution in [0.1, 0.15) is 47.8 Å². The van der Waals surface area contributed by atoms with Gasteiger partial charge in [-0.05, 0) is 38.8 Å². The van der Waals surface area contributed by atoms with Crippen LogP contribution in [-0.4, -0.2) is 52.1 Å². The number of carbonyl (C=O) groups excluding carboxylic acids is 1. The molecule has 1 atom stereocenters. The van der Waals surface area contributed by atoms with E-state index in [-0.39, 0.29) is 17.9 Å². The molecule has 0 radical (unpaired) electrons. The van der Waals surface area contributed by atoms with Crippen molar-refractivity contribution in [3.8, 4) is 0 Å². The zero-order valence-electron chi connectivity index (χ0n) is 14.3. The summed E-state index contributed by atoms with van der Waals surface area (Å²) in [5, 5.41) is 12.2. The van der Waals surface area contributed by atoms with Crippen LogP contribution >= 0.6 is 0 Å². The van der Waals surface area contributed by atoms with E-state index in [4.69, 9.17) is 0 Å². The number of carbonyl (C=O) groups is 2. The molecule has 2 N–H and O–H groups in total. The summed E-state index contributed by atoms with van der Waals surface area (Å²) in [7, 11) is 1.78. The van der Waals surface area contributed by atoms with Crippen molar-refractivity contribution in [1.29, 1.82) is 0 Å². The molecule has 6 heteroatoms. The molecule has 0 spiro atoms. The lowest BCUT2D eigenvalue weighted by atomic mass is 10.0. The van der Waals surface area contributed by atoms with Crippen molar-refractivity contribution in [3.63, 3.8) is 0 Å². The second-order valence-corrected chi connectivity index (χ2v) is 6.46. The maximum atomic E-state index is 12.1. The molecule has 2 rings (SSSR count). The highest BCUT2D eigenvalue weighted by atomic mass is 16.4. The molecule has 0 aromatic carbocycles. The lowest BCUT2D eigenvalue weighted by Gasteiger charge is -2.33. The Morgan fingerprint density at radius 3 is 2.78 bits per heavy atom. The SMILES string of the molecule is Cc1cn(C)c(CC(=O)NCCN2CCCC[C@@H]2C)c1C(=O)O. The molecule has 1 aliphatic rings. The largest absolute Gasteiger partial charge is 0.478 e. The molecule has 1 aromatic rings. The minimum absolute atomic E-state index is 0.0987. The fraction of sp³-hybridized carbons (Fsp3) is 0.647. The summed E-state index contributed by atoms with van der Waals surface area (Å²) >= 11 is 0. The molecular weight excluding hydrogens is 294 g/mol. The van der Waals surface area contributed by atoms with Gasteiger partial charge in [0, 0.05) is 38.1 Å². The van der Waals surface area contributed by atoms with Gasteiger partial charge < -0.3 is 15.0 Å². The molecule has 0 saturated carbocycles. The topological polar surface area (TPSA) is 74.6 Å². The van der Waals surface area contributed by atoms with Gasteiger partial charge in [-0.15, -0.1) is 0 Å². The van der Waals surface area contributed by atoms with E-state index >= 15 is 0 Å². The lowest BCUT2D eigenvalue weighted by Crippen LogP contribution is -2.42. The van der Waals surface area contributed by atoms with Gasteiger partial charge in [0.25, 0.3) is 0 Å². The molecule has 1 saturated heterocycles. The first kappa shape index (κ1) is 17.5. The average Bonchev–Trinajstić information content (AvgIpc) is 2.75. The number of likely N-dealkylation sites (tertiary alicyclic amines) is 1. The number of aryl methyl sites for hydroxylation is 2. The predicted octanol–water partition coefficient (Wildman–Crippen LogP) is 1.56. The molecule has 6 nitrogen and oxygen atoms in total. The number of carboxylic acids is 1. The van der Waals surface area contributed by atoms with Crippen LogP contribution in [0.5, 0.6) is 0 Å². The van der Waals surface area contributed by atoms with E-state index in [1.165, 1.54) is 19.3 Å². The van der Waals surface area contributed by atoms with E-state index in [9.17, 15) is 14.7 Å². The Labute approximate surface area is 137 Å². The van der Waals surface area contributed by atoms with Gasteiger partial charge in [0.05, 0.1) is 12.0 Å². The summed E-state index contributed by atoms with van der Waals surface area (Å²) in [6, 6.07) is 0.579. The Morgan fingerprint density at radius 2 is 2.13 bits per heavy atom. The van der Waals surface area contributed by atoms with E-state index in [0.29, 0.717) is 23.8 Å². The number of aromatic nitrogens is 1. The molecule has 1 aliphatic heterocycles. The molecule has 0 aliphatic carbocycles. The van der Waals surface area contributed by atoms with Gasteiger partial charge in [0.1, 0.15) is 0 Å². The summed E-state index contributed by atoms with van der Waals surface area (Å²) in [5.41, 5.74) is 1.48. The highest BCUT2D eigenvalue weighted by Crippen LogP contribution is 2.17. The normalized spacial score (nSPS) is 18.8. The van der Waals surface area contributed by atoms with E-state index in [0.717, 1.165) is 13.1 Å². The predicted molar refractivity (Wildman–Crippen MR) is 88.7 cm³/mol. The highest BCUT2D eigenvalue weighted by Gasteiger charge is 2.21. The smallest absolute Gasteiger partial charge is 0.337 e. The van der Waals surface area contributed by atoms with Gasteiger partial charge >= 0.3 is 5.97 Å². The van der Waals surface area contributed by atoms with Crippen molar-refractivity contribution in [2.75, 3.05) is 19.6 Å². The first-order valence-corrected chi connectivity index (χ1v) is 8.29. The number of rotatable bonds is 6. The Kier molecular flexibility index (Phi) is 5.82. The van der Waals surface area contributed by atoms with Crippen LogP contribution < -0.4 is 5.32 Å². The van der Waals surface area contributed by atoms with Gasteiger partial charge in [0.2, 0.25) is 5.91 Å². The van der Waals surface area contributed by atoms with Crippen LogP contribution in [0.2, 0.25) is 0 Å². The van der Waals surface area contributed by atoms with Gasteiger partial charge in [-0.25, -0.2) is 4.79 Å². The van der Waals surface area contributed by atoms with E-state index in [1.807, 2.05) is 0 Å². The van der Waals surface area contributed by atoms with Gasteiger partial charge in [-0.1, -0.05) is 6.42 Å². The van der Waals surface area contributed by atoms with E-state index in [1.54, 1.807) is 24.7 Å². The van der Waals surface area contributed by atoms with Crippen molar-refractivity contribution in [2.45, 2.75) is 45.6 Å². The van der Waals surface area contributed by atoms with Crippen molar-refractivity contribution in [1.82, 2.24) is 14.8 Å². The summed E-state index contributed by atoms with van der Waals surface area (Å²) in [6.07, 6.45) is 5.58. The summed E-state index contributed by atoms with van der Waals surface area (Å²) in [4.78, 5) is 25.9. The Hall–Kier alpha value is -1.82. The minimum atomic E-state index is -0.979. The Bertz CT molecular complexity index is 580. The van der Waals surface area contributed by atoms with Gasteiger partial charge in [-0.3, -0.25) is 9.69 Å². The second-order valence-electron chi connectivity index (χ2n) is 6.46. The molecule has 1 aromatic heterocycles. The number of hydrogen-bond acceptors (Lipinski definition) is 3. The highest BCUT2D eigenvalue weighted by molar-refractivity contribution is 5.93. The molecule has 1 fully saturated rings. The molecule has 0 bridgehead atoms. The average molecular weight is 321 g/mol. The number of nitrogens with one attached hydrogen (secondary N) is 1. The van der Waals surface area contributed by atoms with Crippen molar-refractivity contribution in [3.05, 3.63) is 23.0 Å². The van der Waals surface area contributed by atoms with Gasteiger partial charge in [0.15, 0.2) is 0 Å². The summed E-state index contributed by atoms with van der Waals surface area (Å²) in [6.45, 7) is 6.53.